The maximum absolute atomic E-state index is 14.2. The predicted octanol–water partition coefficient (Wildman–Crippen LogP) is 3.34. The maximum atomic E-state index is 14.2. The smallest absolute Gasteiger partial charge is 0.251 e. The summed E-state index contributed by atoms with van der Waals surface area (Å²) < 4.78 is 14.2. The van der Waals surface area contributed by atoms with Gasteiger partial charge in [-0.15, -0.1) is 11.3 Å². The Bertz CT molecular complexity index is 1320. The number of anilines is 1. The van der Waals surface area contributed by atoms with E-state index in [2.05, 4.69) is 15.3 Å². The van der Waals surface area contributed by atoms with Crippen molar-refractivity contribution in [2.45, 2.75) is 44.8 Å². The molecule has 1 unspecified atom stereocenters. The molecule has 0 aromatic carbocycles. The molecule has 1 saturated heterocycles. The number of carbonyl (C=O) groups is 1. The number of aryl methyl sites for hydroxylation is 1. The second-order valence-electron chi connectivity index (χ2n) is 9.88. The fourth-order valence-electron chi connectivity index (χ4n) is 5.97. The fraction of sp³-hybridized carbons (Fsp3) is 0.480. The number of H-pyrrole nitrogens is 1. The number of hydrogen-bond donors (Lipinski definition) is 4. The van der Waals surface area contributed by atoms with Gasteiger partial charge in [0.2, 0.25) is 0 Å². The highest BCUT2D eigenvalue weighted by molar-refractivity contribution is 7.16. The zero-order chi connectivity index (χ0) is 24.3. The standard InChI is InChI=1S/C25H28FN5O3S/c1-12(33)25(34)31-9-13-6-15(7-14(13)10-31)29-21-17-4-5-27-23(17)28-8-18(21)24-30-20-3-2-16(19(26)11-32)22(20)35-24/h4-5,8,12-15,32-33H,2-3,6-7,9-11H2,1H3,(H2,27,28,29)/b19-16-/t12-,13-,14+,15?/m0/s1. The molecule has 1 saturated carbocycles. The number of fused-ring (bicyclic) bond motifs is 3. The number of amides is 1. The third-order valence-electron chi connectivity index (χ3n) is 7.64. The Morgan fingerprint density at radius 2 is 2.11 bits per heavy atom. The number of aromatic amines is 1. The Hall–Kier alpha value is -2.82. The first kappa shape index (κ1) is 22.6. The van der Waals surface area contributed by atoms with Crippen LogP contribution in [-0.2, 0) is 11.2 Å². The van der Waals surface area contributed by atoms with Crippen molar-refractivity contribution in [3.8, 4) is 10.6 Å². The van der Waals surface area contributed by atoms with E-state index < -0.39 is 18.5 Å². The van der Waals surface area contributed by atoms with Gasteiger partial charge in [-0.05, 0) is 50.5 Å². The van der Waals surface area contributed by atoms with Gasteiger partial charge in [0, 0.05) is 42.5 Å². The van der Waals surface area contributed by atoms with E-state index in [1.54, 1.807) is 4.90 Å². The third kappa shape index (κ3) is 3.84. The van der Waals surface area contributed by atoms with Gasteiger partial charge in [0.1, 0.15) is 22.6 Å². The summed E-state index contributed by atoms with van der Waals surface area (Å²) in [4.78, 5) is 27.4. The molecule has 4 atom stereocenters. The van der Waals surface area contributed by atoms with Crippen molar-refractivity contribution in [2.24, 2.45) is 11.8 Å². The van der Waals surface area contributed by atoms with Gasteiger partial charge >= 0.3 is 0 Å². The quantitative estimate of drug-likeness (QED) is 0.430. The molecule has 2 fully saturated rings. The largest absolute Gasteiger partial charge is 0.389 e. The molecule has 2 aliphatic carbocycles. The van der Waals surface area contributed by atoms with Crippen LogP contribution in [0.5, 0.6) is 0 Å². The number of carbonyl (C=O) groups excluding carboxylic acids is 1. The van der Waals surface area contributed by atoms with Gasteiger partial charge in [-0.1, -0.05) is 0 Å². The molecular weight excluding hydrogens is 469 g/mol. The topological polar surface area (TPSA) is 114 Å². The summed E-state index contributed by atoms with van der Waals surface area (Å²) in [6.07, 6.45) is 5.88. The minimum atomic E-state index is -0.954. The normalized spacial score (nSPS) is 25.7. The Morgan fingerprint density at radius 1 is 1.34 bits per heavy atom. The first-order valence-electron chi connectivity index (χ1n) is 12.1. The highest BCUT2D eigenvalue weighted by atomic mass is 32.1. The Labute approximate surface area is 205 Å². The first-order valence-corrected chi connectivity index (χ1v) is 12.9. The second-order valence-corrected chi connectivity index (χ2v) is 10.9. The maximum Gasteiger partial charge on any atom is 0.251 e. The first-order chi connectivity index (χ1) is 16.9. The van der Waals surface area contributed by atoms with Gasteiger partial charge in [-0.25, -0.2) is 14.4 Å². The minimum Gasteiger partial charge on any atom is -0.389 e. The van der Waals surface area contributed by atoms with Crippen LogP contribution in [0.15, 0.2) is 24.3 Å². The summed E-state index contributed by atoms with van der Waals surface area (Å²) in [5, 5.41) is 24.5. The van der Waals surface area contributed by atoms with E-state index in [1.165, 1.54) is 18.3 Å². The number of halogens is 1. The van der Waals surface area contributed by atoms with Crippen LogP contribution in [0.2, 0.25) is 0 Å². The van der Waals surface area contributed by atoms with Crippen LogP contribution in [0, 0.1) is 11.8 Å². The fourth-order valence-corrected chi connectivity index (χ4v) is 7.19. The van der Waals surface area contributed by atoms with Gasteiger partial charge in [0.25, 0.3) is 5.91 Å². The number of rotatable bonds is 5. The summed E-state index contributed by atoms with van der Waals surface area (Å²) in [6.45, 7) is 2.33. The number of pyridine rings is 1. The second kappa shape index (κ2) is 8.69. The highest BCUT2D eigenvalue weighted by Crippen LogP contribution is 2.45. The molecule has 35 heavy (non-hydrogen) atoms. The summed E-state index contributed by atoms with van der Waals surface area (Å²) in [6, 6.07) is 2.26. The SMILES string of the molecule is C[C@H](O)C(=O)N1C[C@H]2CC(Nc3c(-c4nc5c(s4)/C(=C(\F)CO)CC5)cnc4[nH]ccc34)C[C@H]2C1. The van der Waals surface area contributed by atoms with Crippen molar-refractivity contribution in [3.63, 3.8) is 0 Å². The zero-order valence-electron chi connectivity index (χ0n) is 19.4. The molecule has 1 aliphatic heterocycles. The van der Waals surface area contributed by atoms with Crippen LogP contribution in [0.3, 0.4) is 0 Å². The summed E-state index contributed by atoms with van der Waals surface area (Å²) in [5.41, 5.74) is 4.10. The lowest BCUT2D eigenvalue weighted by Gasteiger charge is -2.22. The highest BCUT2D eigenvalue weighted by Gasteiger charge is 2.43. The molecule has 3 aromatic heterocycles. The van der Waals surface area contributed by atoms with Crippen molar-refractivity contribution in [3.05, 3.63) is 34.9 Å². The van der Waals surface area contributed by atoms with Gasteiger partial charge in [0.05, 0.1) is 28.4 Å². The molecule has 3 aromatic rings. The average Bonchev–Trinajstić information content (AvgIpc) is 3.63. The van der Waals surface area contributed by atoms with E-state index in [9.17, 15) is 19.4 Å². The molecule has 184 valence electrons. The van der Waals surface area contributed by atoms with Gasteiger partial charge < -0.3 is 25.4 Å². The van der Waals surface area contributed by atoms with Crippen LogP contribution < -0.4 is 5.32 Å². The molecule has 8 nitrogen and oxygen atoms in total. The van der Waals surface area contributed by atoms with Crippen molar-refractivity contribution in [1.29, 1.82) is 0 Å². The summed E-state index contributed by atoms with van der Waals surface area (Å²) >= 11 is 1.45. The van der Waals surface area contributed by atoms with E-state index in [4.69, 9.17) is 4.98 Å². The van der Waals surface area contributed by atoms with Crippen LogP contribution in [0.1, 0.15) is 36.8 Å². The summed E-state index contributed by atoms with van der Waals surface area (Å²) in [5.74, 6) is 0.175. The van der Waals surface area contributed by atoms with Crippen LogP contribution in [0.4, 0.5) is 10.1 Å². The van der Waals surface area contributed by atoms with E-state index in [-0.39, 0.29) is 11.9 Å². The number of aromatic nitrogens is 3. The van der Waals surface area contributed by atoms with Crippen LogP contribution >= 0.6 is 11.3 Å². The Balaban J connectivity index is 1.28. The molecule has 0 spiro atoms. The Morgan fingerprint density at radius 3 is 2.83 bits per heavy atom. The van der Waals surface area contributed by atoms with E-state index >= 15 is 0 Å². The van der Waals surface area contributed by atoms with Gasteiger partial charge in [-0.3, -0.25) is 4.79 Å². The number of aliphatic hydroxyl groups excluding tert-OH is 2. The van der Waals surface area contributed by atoms with Crippen LogP contribution in [0.25, 0.3) is 27.2 Å². The Kier molecular flexibility index (Phi) is 5.62. The summed E-state index contributed by atoms with van der Waals surface area (Å²) in [7, 11) is 0. The molecular formula is C25H28FN5O3S. The lowest BCUT2D eigenvalue weighted by molar-refractivity contribution is -0.138. The third-order valence-corrected chi connectivity index (χ3v) is 8.83. The number of allylic oxidation sites excluding steroid dienone is 1. The number of hydrogen-bond acceptors (Lipinski definition) is 7. The molecule has 6 rings (SSSR count). The number of thiazole rings is 1. The molecule has 4 heterocycles. The van der Waals surface area contributed by atoms with Crippen molar-refractivity contribution in [2.75, 3.05) is 25.0 Å². The molecule has 3 aliphatic rings. The van der Waals surface area contributed by atoms with Gasteiger partial charge in [-0.2, -0.15) is 0 Å². The number of aliphatic hydroxyl groups is 2. The van der Waals surface area contributed by atoms with E-state index in [0.717, 1.165) is 50.7 Å². The minimum absolute atomic E-state index is 0.183. The number of nitrogens with one attached hydrogen (secondary N) is 2. The lowest BCUT2D eigenvalue weighted by Crippen LogP contribution is -2.37. The van der Waals surface area contributed by atoms with Gasteiger partial charge in [0.15, 0.2) is 0 Å². The molecule has 0 bridgehead atoms. The van der Waals surface area contributed by atoms with Crippen LogP contribution in [-0.4, -0.2) is 67.8 Å². The zero-order valence-corrected chi connectivity index (χ0v) is 20.2. The molecule has 1 amide bonds. The predicted molar refractivity (Wildman–Crippen MR) is 133 cm³/mol. The van der Waals surface area contributed by atoms with Crippen molar-refractivity contribution >= 4 is 39.5 Å². The number of nitrogens with zero attached hydrogens (tertiary/aromatic N) is 3. The molecule has 4 N–H and O–H groups in total. The van der Waals surface area contributed by atoms with E-state index in [1.807, 2.05) is 18.5 Å². The average molecular weight is 498 g/mol. The monoisotopic (exact) mass is 497 g/mol. The van der Waals surface area contributed by atoms with Crippen molar-refractivity contribution < 1.29 is 19.4 Å². The van der Waals surface area contributed by atoms with Crippen molar-refractivity contribution in [1.82, 2.24) is 19.9 Å². The van der Waals surface area contributed by atoms with E-state index in [0.29, 0.717) is 43.3 Å². The molecule has 10 heteroatoms. The number of likely N-dealkylation sites (tertiary alicyclic amines) is 1. The lowest BCUT2D eigenvalue weighted by atomic mass is 10.0. The molecule has 0 radical (unpaired) electrons.